The van der Waals surface area contributed by atoms with Gasteiger partial charge in [0.25, 0.3) is 5.91 Å². The molecular formula is C17H17NOS. The first kappa shape index (κ1) is 13.3. The molecule has 0 fully saturated rings. The molecule has 0 saturated heterocycles. The van der Waals surface area contributed by atoms with E-state index in [-0.39, 0.29) is 11.9 Å². The zero-order valence-corrected chi connectivity index (χ0v) is 12.2. The number of nitrogens with one attached hydrogen (secondary N) is 1. The van der Waals surface area contributed by atoms with Gasteiger partial charge < -0.3 is 5.32 Å². The molecular weight excluding hydrogens is 266 g/mol. The molecule has 2 aromatic carbocycles. The molecule has 1 atom stereocenters. The number of aryl methyl sites for hydroxylation is 1. The summed E-state index contributed by atoms with van der Waals surface area (Å²) in [6.45, 7) is 1.97. The number of carbonyl (C=O) groups is 1. The Balaban J connectivity index is 1.83. The molecule has 3 rings (SSSR count). The van der Waals surface area contributed by atoms with Crippen molar-refractivity contribution in [3.05, 3.63) is 65.2 Å². The van der Waals surface area contributed by atoms with Gasteiger partial charge >= 0.3 is 0 Å². The van der Waals surface area contributed by atoms with Crippen LogP contribution < -0.4 is 5.32 Å². The first-order chi connectivity index (χ1) is 9.75. The predicted molar refractivity (Wildman–Crippen MR) is 83.2 cm³/mol. The van der Waals surface area contributed by atoms with Crippen LogP contribution >= 0.6 is 11.8 Å². The Kier molecular flexibility index (Phi) is 3.79. The molecule has 0 radical (unpaired) electrons. The molecule has 0 aliphatic carbocycles. The molecule has 1 heterocycles. The molecule has 102 valence electrons. The van der Waals surface area contributed by atoms with Gasteiger partial charge in [-0.2, -0.15) is 0 Å². The smallest absolute Gasteiger partial charge is 0.252 e. The maximum atomic E-state index is 12.4. The third kappa shape index (κ3) is 2.59. The average Bonchev–Trinajstić information content (AvgIpc) is 2.48. The normalized spacial score (nSPS) is 17.4. The molecule has 0 spiro atoms. The summed E-state index contributed by atoms with van der Waals surface area (Å²) in [4.78, 5) is 13.7. The van der Waals surface area contributed by atoms with E-state index in [0.717, 1.165) is 23.3 Å². The highest BCUT2D eigenvalue weighted by Crippen LogP contribution is 2.35. The Bertz CT molecular complexity index is 638. The van der Waals surface area contributed by atoms with E-state index in [1.54, 1.807) is 0 Å². The van der Waals surface area contributed by atoms with Gasteiger partial charge in [-0.1, -0.05) is 36.4 Å². The second-order valence-corrected chi connectivity index (χ2v) is 6.15. The molecule has 1 N–H and O–H groups in total. The van der Waals surface area contributed by atoms with Gasteiger partial charge in [-0.15, -0.1) is 11.8 Å². The molecule has 0 aromatic heterocycles. The lowest BCUT2D eigenvalue weighted by Crippen LogP contribution is -2.31. The van der Waals surface area contributed by atoms with Crippen molar-refractivity contribution in [1.29, 1.82) is 0 Å². The van der Waals surface area contributed by atoms with E-state index in [2.05, 4.69) is 23.5 Å². The first-order valence-electron chi connectivity index (χ1n) is 6.84. The van der Waals surface area contributed by atoms with E-state index >= 15 is 0 Å². The van der Waals surface area contributed by atoms with Gasteiger partial charge in [-0.3, -0.25) is 4.79 Å². The number of benzene rings is 2. The number of fused-ring (bicyclic) bond motifs is 1. The molecule has 0 saturated carbocycles. The molecule has 2 nitrogen and oxygen atoms in total. The van der Waals surface area contributed by atoms with Crippen LogP contribution in [0.15, 0.2) is 53.4 Å². The maximum Gasteiger partial charge on any atom is 0.252 e. The van der Waals surface area contributed by atoms with Crippen molar-refractivity contribution < 1.29 is 4.79 Å². The van der Waals surface area contributed by atoms with Crippen molar-refractivity contribution in [2.75, 3.05) is 5.75 Å². The van der Waals surface area contributed by atoms with E-state index in [9.17, 15) is 4.79 Å². The average molecular weight is 283 g/mol. The Labute approximate surface area is 123 Å². The van der Waals surface area contributed by atoms with Crippen LogP contribution in [0.5, 0.6) is 0 Å². The highest BCUT2D eigenvalue weighted by molar-refractivity contribution is 7.99. The Morgan fingerprint density at radius 3 is 2.75 bits per heavy atom. The van der Waals surface area contributed by atoms with Gasteiger partial charge in [0.2, 0.25) is 0 Å². The van der Waals surface area contributed by atoms with Crippen LogP contribution in [0.2, 0.25) is 0 Å². The van der Waals surface area contributed by atoms with Crippen molar-refractivity contribution in [3.63, 3.8) is 0 Å². The molecule has 0 bridgehead atoms. The van der Waals surface area contributed by atoms with Crippen LogP contribution in [-0.2, 0) is 0 Å². The lowest BCUT2D eigenvalue weighted by molar-refractivity contribution is 0.0934. The van der Waals surface area contributed by atoms with Crippen LogP contribution in [0.25, 0.3) is 0 Å². The fraction of sp³-hybridized carbons (Fsp3) is 0.235. The van der Waals surface area contributed by atoms with Crippen LogP contribution in [-0.4, -0.2) is 11.7 Å². The van der Waals surface area contributed by atoms with Gasteiger partial charge in [0.05, 0.1) is 6.04 Å². The Morgan fingerprint density at radius 1 is 1.15 bits per heavy atom. The third-order valence-electron chi connectivity index (χ3n) is 3.65. The van der Waals surface area contributed by atoms with Gasteiger partial charge in [-0.05, 0) is 36.6 Å². The SMILES string of the molecule is Cc1ccccc1C(=O)N[C@@H]1CCSc2ccccc21. The second-order valence-electron chi connectivity index (χ2n) is 5.02. The molecule has 1 aliphatic heterocycles. The zero-order chi connectivity index (χ0) is 13.9. The summed E-state index contributed by atoms with van der Waals surface area (Å²) in [7, 11) is 0. The summed E-state index contributed by atoms with van der Waals surface area (Å²) in [6, 6.07) is 16.2. The van der Waals surface area contributed by atoms with E-state index in [1.165, 1.54) is 10.5 Å². The highest BCUT2D eigenvalue weighted by Gasteiger charge is 2.22. The van der Waals surface area contributed by atoms with Gasteiger partial charge in [-0.25, -0.2) is 0 Å². The van der Waals surface area contributed by atoms with Crippen LogP contribution in [0.3, 0.4) is 0 Å². The van der Waals surface area contributed by atoms with Gasteiger partial charge in [0.1, 0.15) is 0 Å². The summed E-state index contributed by atoms with van der Waals surface area (Å²) >= 11 is 1.87. The van der Waals surface area contributed by atoms with Crippen molar-refractivity contribution in [2.45, 2.75) is 24.3 Å². The van der Waals surface area contributed by atoms with Crippen molar-refractivity contribution in [1.82, 2.24) is 5.32 Å². The maximum absolute atomic E-state index is 12.4. The predicted octanol–water partition coefficient (Wildman–Crippen LogP) is 3.96. The lowest BCUT2D eigenvalue weighted by Gasteiger charge is -2.26. The van der Waals surface area contributed by atoms with E-state index in [1.807, 2.05) is 49.0 Å². The third-order valence-corrected chi connectivity index (χ3v) is 4.78. The number of carbonyl (C=O) groups excluding carboxylic acids is 1. The summed E-state index contributed by atoms with van der Waals surface area (Å²) in [5.74, 6) is 1.07. The summed E-state index contributed by atoms with van der Waals surface area (Å²) in [5.41, 5.74) is 3.03. The highest BCUT2D eigenvalue weighted by atomic mass is 32.2. The summed E-state index contributed by atoms with van der Waals surface area (Å²) in [5, 5.41) is 3.18. The Hall–Kier alpha value is -1.74. The number of hydrogen-bond donors (Lipinski definition) is 1. The number of hydrogen-bond acceptors (Lipinski definition) is 2. The molecule has 3 heteroatoms. The topological polar surface area (TPSA) is 29.1 Å². The summed E-state index contributed by atoms with van der Waals surface area (Å²) in [6.07, 6.45) is 0.985. The van der Waals surface area contributed by atoms with E-state index < -0.39 is 0 Å². The fourth-order valence-electron chi connectivity index (χ4n) is 2.56. The molecule has 1 amide bonds. The van der Waals surface area contributed by atoms with Crippen LogP contribution in [0, 0.1) is 6.92 Å². The molecule has 2 aromatic rings. The van der Waals surface area contributed by atoms with Crippen LogP contribution in [0.1, 0.15) is 33.9 Å². The monoisotopic (exact) mass is 283 g/mol. The fourth-order valence-corrected chi connectivity index (χ4v) is 3.68. The van der Waals surface area contributed by atoms with Crippen molar-refractivity contribution >= 4 is 17.7 Å². The number of amides is 1. The minimum Gasteiger partial charge on any atom is -0.345 e. The van der Waals surface area contributed by atoms with Crippen LogP contribution in [0.4, 0.5) is 0 Å². The summed E-state index contributed by atoms with van der Waals surface area (Å²) < 4.78 is 0. The largest absolute Gasteiger partial charge is 0.345 e. The van der Waals surface area contributed by atoms with E-state index in [0.29, 0.717) is 0 Å². The second kappa shape index (κ2) is 5.71. The molecule has 0 unspecified atom stereocenters. The minimum absolute atomic E-state index is 0.0230. The van der Waals surface area contributed by atoms with Crippen molar-refractivity contribution in [2.24, 2.45) is 0 Å². The standard InChI is InChI=1S/C17H17NOS/c1-12-6-2-3-7-13(12)17(19)18-15-10-11-20-16-9-5-4-8-14(15)16/h2-9,15H,10-11H2,1H3,(H,18,19)/t15-/m1/s1. The minimum atomic E-state index is 0.0230. The van der Waals surface area contributed by atoms with E-state index in [4.69, 9.17) is 0 Å². The van der Waals surface area contributed by atoms with Gasteiger partial charge in [0, 0.05) is 16.2 Å². The molecule has 1 aliphatic rings. The Morgan fingerprint density at radius 2 is 1.90 bits per heavy atom. The quantitative estimate of drug-likeness (QED) is 0.904. The zero-order valence-electron chi connectivity index (χ0n) is 11.4. The number of rotatable bonds is 2. The van der Waals surface area contributed by atoms with Gasteiger partial charge in [0.15, 0.2) is 0 Å². The molecule has 20 heavy (non-hydrogen) atoms. The van der Waals surface area contributed by atoms with Crippen molar-refractivity contribution in [3.8, 4) is 0 Å². The first-order valence-corrected chi connectivity index (χ1v) is 7.82. The lowest BCUT2D eigenvalue weighted by atomic mass is 10.0. The number of thioether (sulfide) groups is 1.